The maximum absolute atomic E-state index is 11.6. The highest BCUT2D eigenvalue weighted by atomic mass is 16.5. The fourth-order valence-electron chi connectivity index (χ4n) is 3.53. The van der Waals surface area contributed by atoms with Crippen LogP contribution in [0.15, 0.2) is 54.1 Å². The van der Waals surface area contributed by atoms with Crippen molar-refractivity contribution in [3.63, 3.8) is 0 Å². The van der Waals surface area contributed by atoms with Crippen molar-refractivity contribution >= 4 is 17.7 Å². The zero-order valence-electron chi connectivity index (χ0n) is 18.5. The summed E-state index contributed by atoms with van der Waals surface area (Å²) < 4.78 is 16.6. The molecule has 1 aliphatic rings. The molecule has 0 saturated carbocycles. The standard InChI is InChI=1S/C24H31N3O5/c1-3-31-12-11-27-22-14-20(32-19-7-5-4-6-8-19)10-9-17(22)13-18(24(27)29)15-26-21(16-30-2)23(25)28/h4-10,13-14,21,24,26,29H,3,11-12,15-16H2,1-2H3,(H2,25,28). The summed E-state index contributed by atoms with van der Waals surface area (Å²) in [7, 11) is 1.51. The molecule has 0 radical (unpaired) electrons. The molecule has 2 aromatic carbocycles. The van der Waals surface area contributed by atoms with Crippen molar-refractivity contribution in [2.75, 3.05) is 44.9 Å². The van der Waals surface area contributed by atoms with E-state index in [1.54, 1.807) is 0 Å². The van der Waals surface area contributed by atoms with Gasteiger partial charge in [0.15, 0.2) is 6.23 Å². The summed E-state index contributed by atoms with van der Waals surface area (Å²) in [6.07, 6.45) is 1.03. The number of hydrogen-bond acceptors (Lipinski definition) is 7. The van der Waals surface area contributed by atoms with Gasteiger partial charge >= 0.3 is 0 Å². The zero-order chi connectivity index (χ0) is 22.9. The lowest BCUT2D eigenvalue weighted by Crippen LogP contribution is -2.48. The van der Waals surface area contributed by atoms with Gasteiger partial charge in [-0.1, -0.05) is 18.2 Å². The number of fused-ring (bicyclic) bond motifs is 1. The highest BCUT2D eigenvalue weighted by Crippen LogP contribution is 2.35. The summed E-state index contributed by atoms with van der Waals surface area (Å²) in [6.45, 7) is 3.92. The van der Waals surface area contributed by atoms with E-state index in [1.807, 2.05) is 66.4 Å². The van der Waals surface area contributed by atoms with Crippen LogP contribution in [0.3, 0.4) is 0 Å². The Bertz CT molecular complexity index is 919. The van der Waals surface area contributed by atoms with Crippen LogP contribution in [0.5, 0.6) is 11.5 Å². The smallest absolute Gasteiger partial charge is 0.236 e. The molecule has 2 aromatic rings. The molecule has 0 saturated heterocycles. The van der Waals surface area contributed by atoms with E-state index in [2.05, 4.69) is 5.32 Å². The number of aliphatic hydroxyl groups excluding tert-OH is 1. The molecule has 8 heteroatoms. The van der Waals surface area contributed by atoms with Gasteiger partial charge in [-0.15, -0.1) is 0 Å². The number of carbonyl (C=O) groups is 1. The summed E-state index contributed by atoms with van der Waals surface area (Å²) in [5.74, 6) is 0.905. The first-order valence-corrected chi connectivity index (χ1v) is 10.6. The average molecular weight is 442 g/mol. The zero-order valence-corrected chi connectivity index (χ0v) is 18.5. The van der Waals surface area contributed by atoms with Gasteiger partial charge in [0.25, 0.3) is 0 Å². The Morgan fingerprint density at radius 2 is 2.00 bits per heavy atom. The van der Waals surface area contributed by atoms with E-state index in [9.17, 15) is 9.90 Å². The van der Waals surface area contributed by atoms with E-state index in [1.165, 1.54) is 7.11 Å². The molecule has 1 heterocycles. The molecule has 0 fully saturated rings. The van der Waals surface area contributed by atoms with E-state index >= 15 is 0 Å². The van der Waals surface area contributed by atoms with E-state index < -0.39 is 18.2 Å². The van der Waals surface area contributed by atoms with E-state index in [0.29, 0.717) is 31.1 Å². The molecule has 0 bridgehead atoms. The number of primary amides is 1. The molecule has 4 N–H and O–H groups in total. The van der Waals surface area contributed by atoms with Crippen LogP contribution >= 0.6 is 0 Å². The predicted octanol–water partition coefficient (Wildman–Crippen LogP) is 2.13. The van der Waals surface area contributed by atoms with Crippen molar-refractivity contribution in [3.05, 3.63) is 59.7 Å². The van der Waals surface area contributed by atoms with Crippen molar-refractivity contribution in [3.8, 4) is 11.5 Å². The van der Waals surface area contributed by atoms with Crippen LogP contribution in [0.1, 0.15) is 12.5 Å². The van der Waals surface area contributed by atoms with E-state index in [-0.39, 0.29) is 13.2 Å². The lowest BCUT2D eigenvalue weighted by Gasteiger charge is -2.36. The number of nitrogens with one attached hydrogen (secondary N) is 1. The van der Waals surface area contributed by atoms with E-state index in [0.717, 1.165) is 17.0 Å². The Morgan fingerprint density at radius 1 is 1.22 bits per heavy atom. The van der Waals surface area contributed by atoms with Crippen LogP contribution in [0.4, 0.5) is 5.69 Å². The van der Waals surface area contributed by atoms with Crippen molar-refractivity contribution < 1.29 is 24.1 Å². The number of benzene rings is 2. The average Bonchev–Trinajstić information content (AvgIpc) is 2.79. The molecule has 2 unspecified atom stereocenters. The van der Waals surface area contributed by atoms with Crippen molar-refractivity contribution in [1.29, 1.82) is 0 Å². The quantitative estimate of drug-likeness (QED) is 0.433. The highest BCUT2D eigenvalue weighted by molar-refractivity contribution is 5.80. The number of aliphatic hydroxyl groups is 1. The second-order valence-corrected chi connectivity index (χ2v) is 7.41. The Hall–Kier alpha value is -2.91. The van der Waals surface area contributed by atoms with Gasteiger partial charge in [-0.3, -0.25) is 10.1 Å². The van der Waals surface area contributed by atoms with Gasteiger partial charge in [0.1, 0.15) is 17.5 Å². The van der Waals surface area contributed by atoms with Gasteiger partial charge in [0, 0.05) is 32.9 Å². The minimum absolute atomic E-state index is 0.156. The van der Waals surface area contributed by atoms with Crippen molar-refractivity contribution in [1.82, 2.24) is 5.32 Å². The second kappa shape index (κ2) is 11.6. The summed E-state index contributed by atoms with van der Waals surface area (Å²) >= 11 is 0. The maximum Gasteiger partial charge on any atom is 0.236 e. The molecule has 1 amide bonds. The third-order valence-electron chi connectivity index (χ3n) is 5.17. The summed E-state index contributed by atoms with van der Waals surface area (Å²) in [5.41, 5.74) is 7.93. The Labute approximate surface area is 188 Å². The number of para-hydroxylation sites is 1. The van der Waals surface area contributed by atoms with E-state index in [4.69, 9.17) is 19.9 Å². The van der Waals surface area contributed by atoms with Crippen LogP contribution in [0.25, 0.3) is 6.08 Å². The first kappa shape index (κ1) is 23.7. The van der Waals surface area contributed by atoms with Gasteiger partial charge in [-0.05, 0) is 48.4 Å². The molecule has 8 nitrogen and oxygen atoms in total. The van der Waals surface area contributed by atoms with Crippen LogP contribution in [-0.4, -0.2) is 63.3 Å². The summed E-state index contributed by atoms with van der Waals surface area (Å²) in [4.78, 5) is 13.5. The van der Waals surface area contributed by atoms with Crippen LogP contribution in [-0.2, 0) is 14.3 Å². The van der Waals surface area contributed by atoms with Gasteiger partial charge in [0.05, 0.1) is 18.9 Å². The first-order valence-electron chi connectivity index (χ1n) is 10.6. The topological polar surface area (TPSA) is 106 Å². The summed E-state index contributed by atoms with van der Waals surface area (Å²) in [5, 5.41) is 14.2. The third-order valence-corrected chi connectivity index (χ3v) is 5.17. The second-order valence-electron chi connectivity index (χ2n) is 7.41. The van der Waals surface area contributed by atoms with Gasteiger partial charge in [-0.2, -0.15) is 0 Å². The number of nitrogens with zero attached hydrogens (tertiary/aromatic N) is 1. The number of nitrogens with two attached hydrogens (primary N) is 1. The molecule has 2 atom stereocenters. The third kappa shape index (κ3) is 6.08. The Balaban J connectivity index is 1.84. The number of carbonyl (C=O) groups excluding carboxylic acids is 1. The number of methoxy groups -OCH3 is 1. The molecule has 0 spiro atoms. The number of rotatable bonds is 12. The van der Waals surface area contributed by atoms with Gasteiger partial charge < -0.3 is 30.0 Å². The van der Waals surface area contributed by atoms with Gasteiger partial charge in [-0.25, -0.2) is 0 Å². The lowest BCUT2D eigenvalue weighted by molar-refractivity contribution is -0.121. The highest BCUT2D eigenvalue weighted by Gasteiger charge is 2.28. The normalized spacial score (nSPS) is 16.3. The molecule has 0 aliphatic carbocycles. The number of ether oxygens (including phenoxy) is 3. The maximum atomic E-state index is 11.6. The first-order chi connectivity index (χ1) is 15.5. The Kier molecular flexibility index (Phi) is 8.64. The molecular formula is C24H31N3O5. The molecule has 172 valence electrons. The number of hydrogen-bond donors (Lipinski definition) is 3. The fraction of sp³-hybridized carbons (Fsp3) is 0.375. The van der Waals surface area contributed by atoms with Crippen LogP contribution in [0.2, 0.25) is 0 Å². The fourth-order valence-corrected chi connectivity index (χ4v) is 3.53. The molecule has 32 heavy (non-hydrogen) atoms. The summed E-state index contributed by atoms with van der Waals surface area (Å²) in [6, 6.07) is 14.6. The Morgan fingerprint density at radius 3 is 2.69 bits per heavy atom. The van der Waals surface area contributed by atoms with Gasteiger partial charge in [0.2, 0.25) is 5.91 Å². The largest absolute Gasteiger partial charge is 0.457 e. The predicted molar refractivity (Wildman–Crippen MR) is 124 cm³/mol. The molecular weight excluding hydrogens is 410 g/mol. The monoisotopic (exact) mass is 441 g/mol. The van der Waals surface area contributed by atoms with Crippen molar-refractivity contribution in [2.24, 2.45) is 5.73 Å². The minimum atomic E-state index is -0.890. The molecule has 0 aromatic heterocycles. The number of amides is 1. The SMILES string of the molecule is CCOCCN1c2cc(Oc3ccccc3)ccc2C=C(CNC(COC)C(N)=O)C1O. The number of anilines is 1. The molecule has 3 rings (SSSR count). The van der Waals surface area contributed by atoms with Crippen LogP contribution in [0, 0.1) is 0 Å². The van der Waals surface area contributed by atoms with Crippen LogP contribution < -0.4 is 20.7 Å². The molecule has 1 aliphatic heterocycles. The lowest BCUT2D eigenvalue weighted by atomic mass is 10.00. The van der Waals surface area contributed by atoms with Crippen molar-refractivity contribution in [2.45, 2.75) is 19.2 Å². The minimum Gasteiger partial charge on any atom is -0.457 e.